The second-order valence-electron chi connectivity index (χ2n) is 19.7. The third-order valence-electron chi connectivity index (χ3n) is 15.1. The van der Waals surface area contributed by atoms with Gasteiger partial charge in [-0.15, -0.1) is 0 Å². The molecule has 326 valence electrons. The molecule has 1 aromatic carbocycles. The molecule has 2 amide bonds. The van der Waals surface area contributed by atoms with Gasteiger partial charge in [0.25, 0.3) is 0 Å². The van der Waals surface area contributed by atoms with Crippen molar-refractivity contribution in [2.75, 3.05) is 19.7 Å². The van der Waals surface area contributed by atoms with E-state index in [0.29, 0.717) is 36.2 Å². The van der Waals surface area contributed by atoms with E-state index in [1.165, 1.54) is 18.4 Å². The Morgan fingerprint density at radius 2 is 1.71 bits per heavy atom. The minimum Gasteiger partial charge on any atom is -0.458 e. The van der Waals surface area contributed by atoms with E-state index in [1.54, 1.807) is 5.06 Å². The summed E-state index contributed by atoms with van der Waals surface area (Å²) < 4.78 is 26.4. The molecular weight excluding hydrogens is 751 g/mol. The van der Waals surface area contributed by atoms with E-state index in [0.717, 1.165) is 68.9 Å². The van der Waals surface area contributed by atoms with Crippen molar-refractivity contribution in [2.45, 2.75) is 185 Å². The van der Waals surface area contributed by atoms with E-state index >= 15 is 0 Å². The van der Waals surface area contributed by atoms with Gasteiger partial charge in [0.15, 0.2) is 11.8 Å². The van der Waals surface area contributed by atoms with Crippen LogP contribution in [0, 0.1) is 22.7 Å². The fraction of sp³-hybridized carbons (Fsp3) is 0.766. The monoisotopic (exact) mass is 820 g/mol. The molecule has 12 heteroatoms. The number of nitrogens with one attached hydrogen (secondary N) is 2. The fourth-order valence-corrected chi connectivity index (χ4v) is 11.8. The number of fused-ring (bicyclic) bond motifs is 6. The summed E-state index contributed by atoms with van der Waals surface area (Å²) in [4.78, 5) is 48.3. The van der Waals surface area contributed by atoms with Crippen LogP contribution in [0.15, 0.2) is 29.8 Å². The first-order chi connectivity index (χ1) is 28.3. The molecular formula is C47H69N3O9. The van der Waals surface area contributed by atoms with Gasteiger partial charge in [-0.05, 0) is 80.2 Å². The summed E-state index contributed by atoms with van der Waals surface area (Å²) in [6.45, 7) is 11.8. The van der Waals surface area contributed by atoms with Crippen LogP contribution in [0.1, 0.15) is 142 Å². The number of ether oxygens (including phenoxy) is 4. The number of epoxide rings is 1. The van der Waals surface area contributed by atoms with Crippen molar-refractivity contribution in [3.63, 3.8) is 0 Å². The molecule has 0 spiro atoms. The van der Waals surface area contributed by atoms with Gasteiger partial charge in [0.05, 0.1) is 24.9 Å². The van der Waals surface area contributed by atoms with Crippen LogP contribution >= 0.6 is 0 Å². The van der Waals surface area contributed by atoms with Gasteiger partial charge in [-0.25, -0.2) is 0 Å². The van der Waals surface area contributed by atoms with Gasteiger partial charge in [-0.2, -0.15) is 5.06 Å². The predicted molar refractivity (Wildman–Crippen MR) is 221 cm³/mol. The summed E-state index contributed by atoms with van der Waals surface area (Å²) in [5, 5.41) is 16.5. The van der Waals surface area contributed by atoms with E-state index in [1.807, 2.05) is 0 Å². The average molecular weight is 820 g/mol. The Balaban J connectivity index is 1.07. The number of rotatable bonds is 17. The predicted octanol–water partition coefficient (Wildman–Crippen LogP) is 6.52. The third kappa shape index (κ3) is 8.28. The number of allylic oxidation sites excluding steroid dienone is 1. The van der Waals surface area contributed by atoms with Gasteiger partial charge in [-0.3, -0.25) is 19.2 Å². The molecule has 10 atom stereocenters. The molecule has 0 radical (unpaired) electrons. The molecule has 8 rings (SSSR count). The second kappa shape index (κ2) is 17.1. The van der Waals surface area contributed by atoms with Crippen molar-refractivity contribution in [3.8, 4) is 0 Å². The van der Waals surface area contributed by atoms with Gasteiger partial charge < -0.3 is 34.7 Å². The Morgan fingerprint density at radius 1 is 0.949 bits per heavy atom. The van der Waals surface area contributed by atoms with Crippen LogP contribution in [0.3, 0.4) is 0 Å². The van der Waals surface area contributed by atoms with Gasteiger partial charge >= 0.3 is 5.97 Å². The number of hydrogen-bond donors (Lipinski definition) is 3. The van der Waals surface area contributed by atoms with Crippen LogP contribution in [0.25, 0.3) is 6.08 Å². The normalized spacial score (nSPS) is 36.8. The van der Waals surface area contributed by atoms with Crippen molar-refractivity contribution < 1.29 is 43.3 Å². The minimum absolute atomic E-state index is 0.0310. The van der Waals surface area contributed by atoms with Crippen LogP contribution in [0.2, 0.25) is 0 Å². The Hall–Kier alpha value is -2.87. The highest BCUT2D eigenvalue weighted by atomic mass is 16.8. The first-order valence-electron chi connectivity index (χ1n) is 23.0. The summed E-state index contributed by atoms with van der Waals surface area (Å²) >= 11 is 0. The molecule has 10 unspecified atom stereocenters. The van der Waals surface area contributed by atoms with Crippen molar-refractivity contribution in [2.24, 2.45) is 22.7 Å². The van der Waals surface area contributed by atoms with Crippen molar-refractivity contribution in [1.29, 1.82) is 0 Å². The smallest absolute Gasteiger partial charge is 0.327 e. The minimum atomic E-state index is -1.32. The number of carbonyl (C=O) groups excluding carboxylic acids is 3. The van der Waals surface area contributed by atoms with Crippen molar-refractivity contribution >= 4 is 23.9 Å². The highest BCUT2D eigenvalue weighted by Crippen LogP contribution is 2.61. The molecule has 2 bridgehead atoms. The Kier molecular flexibility index (Phi) is 12.4. The van der Waals surface area contributed by atoms with E-state index in [-0.39, 0.29) is 56.5 Å². The number of benzene rings is 1. The molecule has 0 aromatic heterocycles. The van der Waals surface area contributed by atoms with Gasteiger partial charge in [-0.1, -0.05) is 89.3 Å². The van der Waals surface area contributed by atoms with Crippen molar-refractivity contribution in [1.82, 2.24) is 15.7 Å². The highest BCUT2D eigenvalue weighted by molar-refractivity contribution is 5.94. The number of aliphatic hydroxyl groups excluding tert-OH is 1. The van der Waals surface area contributed by atoms with Crippen molar-refractivity contribution in [3.05, 3.63) is 41.0 Å². The number of hydroxylamine groups is 2. The number of amides is 2. The maximum Gasteiger partial charge on any atom is 0.327 e. The molecule has 4 heterocycles. The first-order valence-corrected chi connectivity index (χ1v) is 23.0. The Labute approximate surface area is 350 Å². The first kappa shape index (κ1) is 42.8. The van der Waals surface area contributed by atoms with Crippen LogP contribution < -0.4 is 10.6 Å². The third-order valence-corrected chi connectivity index (χ3v) is 15.1. The zero-order valence-corrected chi connectivity index (χ0v) is 36.1. The molecule has 3 saturated carbocycles. The number of aliphatic hydroxyl groups is 1. The number of esters is 1. The molecule has 7 aliphatic rings. The summed E-state index contributed by atoms with van der Waals surface area (Å²) in [5.41, 5.74) is 2.61. The van der Waals surface area contributed by atoms with Gasteiger partial charge in [0.1, 0.15) is 29.8 Å². The molecule has 12 nitrogen and oxygen atoms in total. The molecule has 7 fully saturated rings. The van der Waals surface area contributed by atoms with Crippen LogP contribution in [-0.4, -0.2) is 95.6 Å². The quantitative estimate of drug-likeness (QED) is 0.0902. The highest BCUT2D eigenvalue weighted by Gasteiger charge is 2.76. The summed E-state index contributed by atoms with van der Waals surface area (Å²) in [5.74, 6) is -0.779. The molecule has 4 aliphatic heterocycles. The molecule has 1 aromatic rings. The summed E-state index contributed by atoms with van der Waals surface area (Å²) in [6.07, 6.45) is 13.4. The maximum atomic E-state index is 14.7. The van der Waals surface area contributed by atoms with E-state index in [2.05, 4.69) is 75.6 Å². The lowest BCUT2D eigenvalue weighted by Gasteiger charge is -2.53. The maximum absolute atomic E-state index is 14.7. The van der Waals surface area contributed by atoms with Gasteiger partial charge in [0.2, 0.25) is 11.8 Å². The fourth-order valence-electron chi connectivity index (χ4n) is 11.8. The lowest BCUT2D eigenvalue weighted by atomic mass is 9.52. The molecule has 3 aliphatic carbocycles. The largest absolute Gasteiger partial charge is 0.458 e. The molecule has 3 N–H and O–H groups in total. The molecule has 59 heavy (non-hydrogen) atoms. The zero-order valence-electron chi connectivity index (χ0n) is 36.1. The topological polar surface area (TPSA) is 148 Å². The molecule has 4 saturated heterocycles. The lowest BCUT2D eigenvalue weighted by Crippen LogP contribution is -2.69. The number of carbonyl (C=O) groups is 3. The number of hydrogen-bond acceptors (Lipinski definition) is 10. The Morgan fingerprint density at radius 3 is 2.44 bits per heavy atom. The summed E-state index contributed by atoms with van der Waals surface area (Å²) in [7, 11) is 0. The number of unbranched alkanes of at least 4 members (excludes halogenated alkanes) is 4. The average Bonchev–Trinajstić information content (AvgIpc) is 3.48. The van der Waals surface area contributed by atoms with Gasteiger partial charge in [0, 0.05) is 38.8 Å². The van der Waals surface area contributed by atoms with Crippen LogP contribution in [0.4, 0.5) is 0 Å². The lowest BCUT2D eigenvalue weighted by molar-refractivity contribution is -0.224. The summed E-state index contributed by atoms with van der Waals surface area (Å²) in [6, 6.07) is 7.43. The van der Waals surface area contributed by atoms with E-state index < -0.39 is 47.6 Å². The van der Waals surface area contributed by atoms with E-state index in [9.17, 15) is 14.4 Å². The standard InChI is InChI=1S/C47H69N3O9/c1-6-8-10-19-46(20-11-9-7-2)57-38-35-28-47(43(54)49-22-18-37(52)48-23-24-51)40(42(53)55-35)50(59-41(47)39(38)58-46)29-31-14-12-13-30(25-31)26-32-15-16-36-45(5,56-36)21-17-34-33(32)27-44(34,3)4/h12-14,25-26,33-36,38-41,51H,6-11,15-24,27-29H2,1-5H3,(H,48,52)(H,49,54). The second-order valence-corrected chi connectivity index (χ2v) is 19.7. The van der Waals surface area contributed by atoms with Crippen LogP contribution in [0.5, 0.6) is 0 Å². The Bertz CT molecular complexity index is 1740. The number of nitrogens with zero attached hydrogens (tertiary/aromatic N) is 1. The SMILES string of the molecule is CCCCCC1(CCCCC)OC2C3CC4(C(=O)NCCC(=O)NCCO)C(ON(Cc5cccc(C=C6CCC7OC7(C)CCC7C6CC7(C)C)c5)C4C(=O)O3)C2O1. The van der Waals surface area contributed by atoms with E-state index in [4.69, 9.17) is 28.9 Å². The zero-order chi connectivity index (χ0) is 41.6. The van der Waals surface area contributed by atoms with Crippen LogP contribution in [-0.2, 0) is 44.7 Å².